The molecule has 0 saturated heterocycles. The van der Waals surface area contributed by atoms with Crippen LogP contribution in [0.4, 0.5) is 5.69 Å². The first-order valence-corrected chi connectivity index (χ1v) is 6.91. The summed E-state index contributed by atoms with van der Waals surface area (Å²) in [6, 6.07) is 12.0. The standard InChI is InChI=1S/C16H20N4O/c1-3-20(15-6-4-5-12(2)9-15)11-14-8-7-13(10-18-14)16(21)19-17/h4-10H,3,11,17H2,1-2H3,(H,19,21). The van der Waals surface area contributed by atoms with Crippen molar-refractivity contribution in [2.75, 3.05) is 11.4 Å². The van der Waals surface area contributed by atoms with E-state index in [0.29, 0.717) is 12.1 Å². The highest BCUT2D eigenvalue weighted by Gasteiger charge is 2.08. The fraction of sp³-hybridized carbons (Fsp3) is 0.250. The van der Waals surface area contributed by atoms with Gasteiger partial charge in [0.05, 0.1) is 17.8 Å². The molecule has 0 fully saturated rings. The molecule has 21 heavy (non-hydrogen) atoms. The Labute approximate surface area is 124 Å². The largest absolute Gasteiger partial charge is 0.366 e. The van der Waals surface area contributed by atoms with Crippen LogP contribution in [-0.2, 0) is 6.54 Å². The van der Waals surface area contributed by atoms with Crippen molar-refractivity contribution in [3.05, 3.63) is 59.4 Å². The molecule has 1 aromatic heterocycles. The lowest BCUT2D eigenvalue weighted by atomic mass is 10.2. The average molecular weight is 284 g/mol. The first-order chi connectivity index (χ1) is 10.1. The van der Waals surface area contributed by atoms with Gasteiger partial charge in [-0.1, -0.05) is 12.1 Å². The molecule has 0 bridgehead atoms. The van der Waals surface area contributed by atoms with Gasteiger partial charge in [0.25, 0.3) is 5.91 Å². The Bertz CT molecular complexity index is 610. The third-order valence-electron chi connectivity index (χ3n) is 3.32. The number of nitrogens with two attached hydrogens (primary N) is 1. The molecular weight excluding hydrogens is 264 g/mol. The SMILES string of the molecule is CCN(Cc1ccc(C(=O)NN)cn1)c1cccc(C)c1. The van der Waals surface area contributed by atoms with Crippen molar-refractivity contribution in [2.45, 2.75) is 20.4 Å². The topological polar surface area (TPSA) is 71.2 Å². The number of aryl methyl sites for hydroxylation is 1. The molecule has 1 aromatic carbocycles. The number of hydrogen-bond donors (Lipinski definition) is 2. The first kappa shape index (κ1) is 15.0. The maximum absolute atomic E-state index is 11.4. The van der Waals surface area contributed by atoms with Crippen LogP contribution in [0.1, 0.15) is 28.5 Å². The molecule has 0 radical (unpaired) electrons. The highest BCUT2D eigenvalue weighted by Crippen LogP contribution is 2.17. The van der Waals surface area contributed by atoms with Crippen molar-refractivity contribution in [1.29, 1.82) is 0 Å². The lowest BCUT2D eigenvalue weighted by Gasteiger charge is -2.23. The molecule has 1 amide bonds. The number of anilines is 1. The fourth-order valence-corrected chi connectivity index (χ4v) is 2.14. The van der Waals surface area contributed by atoms with Crippen LogP contribution in [0, 0.1) is 6.92 Å². The average Bonchev–Trinajstić information content (AvgIpc) is 2.52. The molecule has 0 aliphatic carbocycles. The number of nitrogens with one attached hydrogen (secondary N) is 1. The van der Waals surface area contributed by atoms with Crippen LogP contribution in [0.3, 0.4) is 0 Å². The second-order valence-electron chi connectivity index (χ2n) is 4.86. The van der Waals surface area contributed by atoms with Crippen LogP contribution in [0.2, 0.25) is 0 Å². The van der Waals surface area contributed by atoms with Gasteiger partial charge in [-0.3, -0.25) is 15.2 Å². The smallest absolute Gasteiger partial charge is 0.266 e. The van der Waals surface area contributed by atoms with Gasteiger partial charge >= 0.3 is 0 Å². The van der Waals surface area contributed by atoms with Crippen LogP contribution in [0.25, 0.3) is 0 Å². The van der Waals surface area contributed by atoms with Crippen LogP contribution in [0.15, 0.2) is 42.6 Å². The number of hydrogen-bond acceptors (Lipinski definition) is 4. The van der Waals surface area contributed by atoms with Gasteiger partial charge in [-0.05, 0) is 43.7 Å². The zero-order valence-electron chi connectivity index (χ0n) is 12.3. The number of rotatable bonds is 5. The van der Waals surface area contributed by atoms with E-state index in [9.17, 15) is 4.79 Å². The van der Waals surface area contributed by atoms with Gasteiger partial charge in [0.2, 0.25) is 0 Å². The highest BCUT2D eigenvalue weighted by molar-refractivity contribution is 5.93. The Morgan fingerprint density at radius 2 is 2.14 bits per heavy atom. The molecular formula is C16H20N4O. The van der Waals surface area contributed by atoms with E-state index in [0.717, 1.165) is 12.2 Å². The number of nitrogens with zero attached hydrogens (tertiary/aromatic N) is 2. The molecule has 110 valence electrons. The molecule has 0 aliphatic heterocycles. The summed E-state index contributed by atoms with van der Waals surface area (Å²) in [4.78, 5) is 17.9. The maximum Gasteiger partial charge on any atom is 0.266 e. The Balaban J connectivity index is 2.13. The number of amides is 1. The number of benzene rings is 1. The van der Waals surface area contributed by atoms with Crippen molar-refractivity contribution in [3.63, 3.8) is 0 Å². The summed E-state index contributed by atoms with van der Waals surface area (Å²) < 4.78 is 0. The zero-order chi connectivity index (χ0) is 15.2. The van der Waals surface area contributed by atoms with E-state index in [1.807, 2.05) is 6.07 Å². The molecule has 2 aromatic rings. The quantitative estimate of drug-likeness (QED) is 0.500. The van der Waals surface area contributed by atoms with Crippen LogP contribution < -0.4 is 16.2 Å². The minimum atomic E-state index is -0.333. The third kappa shape index (κ3) is 3.79. The number of nitrogen functional groups attached to an aromatic ring is 1. The molecule has 2 rings (SSSR count). The van der Waals surface area contributed by atoms with E-state index in [4.69, 9.17) is 5.84 Å². The summed E-state index contributed by atoms with van der Waals surface area (Å²) in [5, 5.41) is 0. The number of hydrazine groups is 1. The molecule has 0 spiro atoms. The van der Waals surface area contributed by atoms with E-state index < -0.39 is 0 Å². The van der Waals surface area contributed by atoms with E-state index in [1.54, 1.807) is 12.3 Å². The number of pyridine rings is 1. The van der Waals surface area contributed by atoms with Crippen LogP contribution in [-0.4, -0.2) is 17.4 Å². The zero-order valence-corrected chi connectivity index (χ0v) is 12.3. The number of carbonyl (C=O) groups is 1. The Hall–Kier alpha value is -2.40. The van der Waals surface area contributed by atoms with Crippen molar-refractivity contribution in [1.82, 2.24) is 10.4 Å². The lowest BCUT2D eigenvalue weighted by Crippen LogP contribution is -2.30. The second kappa shape index (κ2) is 6.85. The minimum absolute atomic E-state index is 0.333. The maximum atomic E-state index is 11.4. The highest BCUT2D eigenvalue weighted by atomic mass is 16.2. The van der Waals surface area contributed by atoms with Gasteiger partial charge < -0.3 is 4.90 Å². The number of aromatic nitrogens is 1. The first-order valence-electron chi connectivity index (χ1n) is 6.91. The molecule has 0 atom stereocenters. The van der Waals surface area contributed by atoms with E-state index in [-0.39, 0.29) is 5.91 Å². The summed E-state index contributed by atoms with van der Waals surface area (Å²) in [5.74, 6) is 4.77. The number of carbonyl (C=O) groups excluding carboxylic acids is 1. The van der Waals surface area contributed by atoms with E-state index >= 15 is 0 Å². The second-order valence-corrected chi connectivity index (χ2v) is 4.86. The summed E-state index contributed by atoms with van der Waals surface area (Å²) in [6.07, 6.45) is 1.54. The Kier molecular flexibility index (Phi) is 4.90. The van der Waals surface area contributed by atoms with Crippen LogP contribution in [0.5, 0.6) is 0 Å². The van der Waals surface area contributed by atoms with Gasteiger partial charge in [0, 0.05) is 18.4 Å². The predicted molar refractivity (Wildman–Crippen MR) is 83.8 cm³/mol. The molecule has 0 aliphatic rings. The van der Waals surface area contributed by atoms with Gasteiger partial charge in [-0.25, -0.2) is 5.84 Å². The summed E-state index contributed by atoms with van der Waals surface area (Å²) in [6.45, 7) is 5.77. The summed E-state index contributed by atoms with van der Waals surface area (Å²) in [5.41, 5.74) is 5.86. The van der Waals surface area contributed by atoms with Gasteiger partial charge in [0.15, 0.2) is 0 Å². The van der Waals surface area contributed by atoms with Gasteiger partial charge in [-0.2, -0.15) is 0 Å². The lowest BCUT2D eigenvalue weighted by molar-refractivity contribution is 0.0953. The third-order valence-corrected chi connectivity index (χ3v) is 3.32. The van der Waals surface area contributed by atoms with Crippen molar-refractivity contribution in [3.8, 4) is 0 Å². The normalized spacial score (nSPS) is 10.2. The molecule has 5 nitrogen and oxygen atoms in total. The molecule has 0 unspecified atom stereocenters. The van der Waals surface area contributed by atoms with Gasteiger partial charge in [-0.15, -0.1) is 0 Å². The van der Waals surface area contributed by atoms with Gasteiger partial charge in [0.1, 0.15) is 0 Å². The van der Waals surface area contributed by atoms with E-state index in [2.05, 4.69) is 53.4 Å². The summed E-state index contributed by atoms with van der Waals surface area (Å²) in [7, 11) is 0. The van der Waals surface area contributed by atoms with Crippen molar-refractivity contribution >= 4 is 11.6 Å². The van der Waals surface area contributed by atoms with Crippen LogP contribution >= 0.6 is 0 Å². The predicted octanol–water partition coefficient (Wildman–Crippen LogP) is 2.02. The monoisotopic (exact) mass is 284 g/mol. The minimum Gasteiger partial charge on any atom is -0.366 e. The molecule has 0 saturated carbocycles. The molecule has 5 heteroatoms. The Morgan fingerprint density at radius 1 is 1.33 bits per heavy atom. The fourth-order valence-electron chi connectivity index (χ4n) is 2.14. The van der Waals surface area contributed by atoms with Crippen molar-refractivity contribution in [2.24, 2.45) is 5.84 Å². The Morgan fingerprint density at radius 3 is 2.71 bits per heavy atom. The molecule has 1 heterocycles. The summed E-state index contributed by atoms with van der Waals surface area (Å²) >= 11 is 0. The van der Waals surface area contributed by atoms with Crippen molar-refractivity contribution < 1.29 is 4.79 Å². The van der Waals surface area contributed by atoms with E-state index in [1.165, 1.54) is 11.3 Å². The molecule has 3 N–H and O–H groups in total.